The average molecular weight is 338 g/mol. The van der Waals surface area contributed by atoms with E-state index in [9.17, 15) is 9.59 Å². The minimum atomic E-state index is -0.244. The van der Waals surface area contributed by atoms with E-state index < -0.39 is 0 Å². The topological polar surface area (TPSA) is 77.5 Å². The van der Waals surface area contributed by atoms with Crippen LogP contribution in [-0.4, -0.2) is 37.9 Å². The molecule has 1 heterocycles. The normalized spacial score (nSPS) is 14.4. The number of carbonyl (C=O) groups is 2. The molecule has 0 bridgehead atoms. The summed E-state index contributed by atoms with van der Waals surface area (Å²) in [6.45, 7) is 0. The van der Waals surface area contributed by atoms with Crippen molar-refractivity contribution in [3.05, 3.63) is 58.4 Å². The Morgan fingerprint density at radius 1 is 1.24 bits per heavy atom. The van der Waals surface area contributed by atoms with Gasteiger partial charge in [0.05, 0.1) is 19.8 Å². The molecule has 2 aromatic rings. The zero-order valence-electron chi connectivity index (χ0n) is 14.3. The lowest BCUT2D eigenvalue weighted by atomic mass is 10.0. The van der Waals surface area contributed by atoms with Crippen molar-refractivity contribution in [2.75, 3.05) is 21.3 Å². The van der Waals surface area contributed by atoms with Gasteiger partial charge in [0.2, 0.25) is 0 Å². The van der Waals surface area contributed by atoms with Gasteiger partial charge in [-0.3, -0.25) is 14.6 Å². The molecule has 1 amide bonds. The molecule has 1 N–H and O–H groups in total. The van der Waals surface area contributed by atoms with E-state index in [1.807, 2.05) is 6.07 Å². The number of allylic oxidation sites excluding steroid dienone is 1. The van der Waals surface area contributed by atoms with Gasteiger partial charge < -0.3 is 14.8 Å². The van der Waals surface area contributed by atoms with Gasteiger partial charge in [0, 0.05) is 37.0 Å². The smallest absolute Gasteiger partial charge is 0.253 e. The molecule has 0 saturated carbocycles. The molecule has 0 aliphatic heterocycles. The number of amides is 1. The SMILES string of the molecule is CNC(=O)c1cnccc1/C=C1\Cc2cc(OC)c(OC)cc2C1=O. The van der Waals surface area contributed by atoms with E-state index in [1.54, 1.807) is 38.6 Å². The Kier molecular flexibility index (Phi) is 4.52. The summed E-state index contributed by atoms with van der Waals surface area (Å²) in [6.07, 6.45) is 5.30. The minimum absolute atomic E-state index is 0.0735. The summed E-state index contributed by atoms with van der Waals surface area (Å²) in [5, 5.41) is 2.58. The van der Waals surface area contributed by atoms with Crippen LogP contribution in [0.15, 0.2) is 36.2 Å². The highest BCUT2D eigenvalue weighted by atomic mass is 16.5. The van der Waals surface area contributed by atoms with E-state index >= 15 is 0 Å². The van der Waals surface area contributed by atoms with Gasteiger partial charge in [0.1, 0.15) is 0 Å². The summed E-state index contributed by atoms with van der Waals surface area (Å²) in [5.74, 6) is 0.790. The number of benzene rings is 1. The second kappa shape index (κ2) is 6.76. The third kappa shape index (κ3) is 2.98. The van der Waals surface area contributed by atoms with Crippen LogP contribution < -0.4 is 14.8 Å². The van der Waals surface area contributed by atoms with Gasteiger partial charge in [-0.25, -0.2) is 0 Å². The molecule has 1 aromatic carbocycles. The predicted molar refractivity (Wildman–Crippen MR) is 93.2 cm³/mol. The maximum atomic E-state index is 12.7. The lowest BCUT2D eigenvalue weighted by Gasteiger charge is -2.08. The van der Waals surface area contributed by atoms with Crippen LogP contribution in [0.1, 0.15) is 31.8 Å². The summed E-state index contributed by atoms with van der Waals surface area (Å²) in [6, 6.07) is 5.23. The van der Waals surface area contributed by atoms with E-state index in [2.05, 4.69) is 10.3 Å². The first-order chi connectivity index (χ1) is 12.1. The van der Waals surface area contributed by atoms with Gasteiger partial charge in [0.15, 0.2) is 17.3 Å². The third-order valence-corrected chi connectivity index (χ3v) is 4.18. The largest absolute Gasteiger partial charge is 0.493 e. The number of ketones is 1. The van der Waals surface area contributed by atoms with Crippen molar-refractivity contribution in [2.24, 2.45) is 0 Å². The van der Waals surface area contributed by atoms with Crippen molar-refractivity contribution < 1.29 is 19.1 Å². The van der Waals surface area contributed by atoms with Gasteiger partial charge in [-0.1, -0.05) is 0 Å². The van der Waals surface area contributed by atoms with Crippen LogP contribution in [0.25, 0.3) is 6.08 Å². The number of pyridine rings is 1. The molecule has 0 fully saturated rings. The number of rotatable bonds is 4. The Bertz CT molecular complexity index is 887. The summed E-state index contributed by atoms with van der Waals surface area (Å²) < 4.78 is 10.6. The Hall–Kier alpha value is -3.15. The first kappa shape index (κ1) is 16.7. The number of Topliss-reactive ketones (excluding diaryl/α,β-unsaturated/α-hetero) is 1. The van der Waals surface area contributed by atoms with Crippen LogP contribution in [0.2, 0.25) is 0 Å². The van der Waals surface area contributed by atoms with E-state index in [4.69, 9.17) is 9.47 Å². The zero-order chi connectivity index (χ0) is 18.0. The highest BCUT2D eigenvalue weighted by Crippen LogP contribution is 2.37. The van der Waals surface area contributed by atoms with E-state index in [1.165, 1.54) is 13.3 Å². The molecule has 1 aromatic heterocycles. The van der Waals surface area contributed by atoms with Crippen LogP contribution in [-0.2, 0) is 6.42 Å². The predicted octanol–water partition coefficient (Wildman–Crippen LogP) is 2.28. The van der Waals surface area contributed by atoms with Crippen molar-refractivity contribution in [1.29, 1.82) is 0 Å². The van der Waals surface area contributed by atoms with Crippen molar-refractivity contribution >= 4 is 17.8 Å². The fourth-order valence-corrected chi connectivity index (χ4v) is 2.90. The number of methoxy groups -OCH3 is 2. The summed E-state index contributed by atoms with van der Waals surface area (Å²) >= 11 is 0. The molecular weight excluding hydrogens is 320 g/mol. The van der Waals surface area contributed by atoms with Crippen LogP contribution >= 0.6 is 0 Å². The van der Waals surface area contributed by atoms with Crippen LogP contribution in [0.4, 0.5) is 0 Å². The molecule has 1 aliphatic carbocycles. The van der Waals surface area contributed by atoms with Gasteiger partial charge in [-0.15, -0.1) is 0 Å². The maximum Gasteiger partial charge on any atom is 0.253 e. The lowest BCUT2D eigenvalue weighted by molar-refractivity contribution is 0.0961. The van der Waals surface area contributed by atoms with E-state index in [0.717, 1.165) is 5.56 Å². The molecule has 3 rings (SSSR count). The average Bonchev–Trinajstić information content (AvgIpc) is 2.95. The molecule has 128 valence electrons. The second-order valence-corrected chi connectivity index (χ2v) is 5.58. The molecule has 1 aliphatic rings. The van der Waals surface area contributed by atoms with Crippen LogP contribution in [0, 0.1) is 0 Å². The molecule has 0 radical (unpaired) electrons. The lowest BCUT2D eigenvalue weighted by Crippen LogP contribution is -2.19. The van der Waals surface area contributed by atoms with Crippen molar-refractivity contribution in [1.82, 2.24) is 10.3 Å². The van der Waals surface area contributed by atoms with Crippen molar-refractivity contribution in [2.45, 2.75) is 6.42 Å². The molecular formula is C19H18N2O4. The summed E-state index contributed by atoms with van der Waals surface area (Å²) in [5.41, 5.74) is 3.17. The Morgan fingerprint density at radius 3 is 2.64 bits per heavy atom. The molecule has 0 saturated heterocycles. The number of hydrogen-bond donors (Lipinski definition) is 1. The second-order valence-electron chi connectivity index (χ2n) is 5.58. The third-order valence-electron chi connectivity index (χ3n) is 4.18. The molecule has 0 spiro atoms. The van der Waals surface area contributed by atoms with Crippen molar-refractivity contribution in [3.63, 3.8) is 0 Å². The Balaban J connectivity index is 2.03. The zero-order valence-corrected chi connectivity index (χ0v) is 14.3. The van der Waals surface area contributed by atoms with E-state index in [0.29, 0.717) is 40.2 Å². The van der Waals surface area contributed by atoms with Crippen LogP contribution in [0.5, 0.6) is 11.5 Å². The van der Waals surface area contributed by atoms with Crippen molar-refractivity contribution in [3.8, 4) is 11.5 Å². The number of nitrogens with zero attached hydrogens (tertiary/aromatic N) is 1. The Morgan fingerprint density at radius 2 is 1.96 bits per heavy atom. The number of hydrogen-bond acceptors (Lipinski definition) is 5. The monoisotopic (exact) mass is 338 g/mol. The molecule has 25 heavy (non-hydrogen) atoms. The number of fused-ring (bicyclic) bond motifs is 1. The summed E-state index contributed by atoms with van der Waals surface area (Å²) in [4.78, 5) is 28.7. The number of aromatic nitrogens is 1. The van der Waals surface area contributed by atoms with Gasteiger partial charge in [0.25, 0.3) is 5.91 Å². The van der Waals surface area contributed by atoms with Gasteiger partial charge in [-0.05, 0) is 35.4 Å². The number of ether oxygens (including phenoxy) is 2. The number of carbonyl (C=O) groups excluding carboxylic acids is 2. The summed E-state index contributed by atoms with van der Waals surface area (Å²) in [7, 11) is 4.65. The fraction of sp³-hybridized carbons (Fsp3) is 0.211. The first-order valence-electron chi connectivity index (χ1n) is 7.75. The Labute approximate surface area is 145 Å². The van der Waals surface area contributed by atoms with Gasteiger partial charge in [-0.2, -0.15) is 0 Å². The first-order valence-corrected chi connectivity index (χ1v) is 7.75. The number of nitrogens with one attached hydrogen (secondary N) is 1. The fourth-order valence-electron chi connectivity index (χ4n) is 2.90. The van der Waals surface area contributed by atoms with Crippen LogP contribution in [0.3, 0.4) is 0 Å². The minimum Gasteiger partial charge on any atom is -0.493 e. The molecule has 0 unspecified atom stereocenters. The standard InChI is InChI=1S/C19H18N2O4/c1-20-19(23)15-10-21-5-4-11(15)6-13-7-12-8-16(24-2)17(25-3)9-14(12)18(13)22/h4-6,8-10H,7H2,1-3H3,(H,20,23)/b13-6+. The molecule has 6 nitrogen and oxygen atoms in total. The molecule has 6 heteroatoms. The van der Waals surface area contributed by atoms with E-state index in [-0.39, 0.29) is 11.7 Å². The van der Waals surface area contributed by atoms with Gasteiger partial charge >= 0.3 is 0 Å². The quantitative estimate of drug-likeness (QED) is 0.866. The highest BCUT2D eigenvalue weighted by molar-refractivity contribution is 6.16. The molecule has 0 atom stereocenters. The highest BCUT2D eigenvalue weighted by Gasteiger charge is 2.27. The maximum absolute atomic E-state index is 12.7.